The van der Waals surface area contributed by atoms with Crippen LogP contribution in [0.1, 0.15) is 4.88 Å². The molecule has 2 amide bonds. The molecule has 0 spiro atoms. The van der Waals surface area contributed by atoms with Crippen molar-refractivity contribution in [2.24, 2.45) is 4.99 Å². The molecule has 1 saturated heterocycles. The third-order valence-electron chi connectivity index (χ3n) is 4.53. The Morgan fingerprint density at radius 2 is 2.00 bits per heavy atom. The summed E-state index contributed by atoms with van der Waals surface area (Å²) in [4.78, 5) is 35.5. The minimum atomic E-state index is -0.0354. The van der Waals surface area contributed by atoms with E-state index in [-0.39, 0.29) is 18.4 Å². The third kappa shape index (κ3) is 8.38. The molecule has 0 unspecified atom stereocenters. The van der Waals surface area contributed by atoms with Crippen molar-refractivity contribution in [3.8, 4) is 0 Å². The molecule has 2 rings (SSSR count). The van der Waals surface area contributed by atoms with E-state index in [9.17, 15) is 9.59 Å². The zero-order valence-corrected chi connectivity index (χ0v) is 18.3. The Kier molecular flexibility index (Phi) is 9.89. The number of nitrogens with one attached hydrogen (secondary N) is 2. The molecule has 9 nitrogen and oxygen atoms in total. The van der Waals surface area contributed by atoms with Gasteiger partial charge in [-0.2, -0.15) is 0 Å². The highest BCUT2D eigenvalue weighted by Crippen LogP contribution is 2.08. The van der Waals surface area contributed by atoms with Gasteiger partial charge in [-0.05, 0) is 11.4 Å². The van der Waals surface area contributed by atoms with Crippen molar-refractivity contribution in [3.05, 3.63) is 22.4 Å². The molecule has 1 aliphatic heterocycles. The van der Waals surface area contributed by atoms with E-state index in [4.69, 9.17) is 4.74 Å². The summed E-state index contributed by atoms with van der Waals surface area (Å²) in [5.41, 5.74) is 0. The lowest BCUT2D eigenvalue weighted by atomic mass is 10.3. The quantitative estimate of drug-likeness (QED) is 0.320. The number of aliphatic imine (C=N–C) groups is 1. The Labute approximate surface area is 176 Å². The molecular weight excluding hydrogens is 392 g/mol. The van der Waals surface area contributed by atoms with E-state index in [1.54, 1.807) is 37.4 Å². The van der Waals surface area contributed by atoms with Crippen LogP contribution in [-0.4, -0.2) is 106 Å². The minimum Gasteiger partial charge on any atom is -0.383 e. The number of amides is 2. The molecule has 1 aliphatic rings. The monoisotopic (exact) mass is 424 g/mol. The first-order valence-corrected chi connectivity index (χ1v) is 10.6. The normalized spacial score (nSPS) is 15.3. The topological polar surface area (TPSA) is 89.5 Å². The summed E-state index contributed by atoms with van der Waals surface area (Å²) in [5.74, 6) is 0.710. The van der Waals surface area contributed by atoms with Gasteiger partial charge >= 0.3 is 0 Å². The molecule has 1 aromatic heterocycles. The fraction of sp³-hybridized carbons (Fsp3) is 0.632. The second-order valence-corrected chi connectivity index (χ2v) is 8.00. The standard InChI is InChI=1S/C19H32N6O3S/c1-23(2)18(27)14-22-19(21-13-16-5-4-12-29-16)25-9-7-24(8-10-25)15-17(26)20-6-11-28-3/h4-5,12H,6-11,13-15H2,1-3H3,(H,20,26)(H,21,22). The van der Waals surface area contributed by atoms with Crippen LogP contribution in [0, 0.1) is 0 Å². The highest BCUT2D eigenvalue weighted by Gasteiger charge is 2.21. The average molecular weight is 425 g/mol. The first kappa shape index (κ1) is 23.1. The molecule has 10 heteroatoms. The van der Waals surface area contributed by atoms with E-state index in [0.29, 0.717) is 26.2 Å². The Morgan fingerprint density at radius 3 is 2.62 bits per heavy atom. The predicted octanol–water partition coefficient (Wildman–Crippen LogP) is -0.338. The smallest absolute Gasteiger partial charge is 0.243 e. The van der Waals surface area contributed by atoms with Gasteiger partial charge in [0.1, 0.15) is 6.54 Å². The molecule has 1 fully saturated rings. The number of nitrogens with zero attached hydrogens (tertiary/aromatic N) is 4. The minimum absolute atomic E-state index is 0.0109. The Balaban J connectivity index is 1.87. The Bertz CT molecular complexity index is 657. The second-order valence-electron chi connectivity index (χ2n) is 6.97. The zero-order chi connectivity index (χ0) is 21.1. The van der Waals surface area contributed by atoms with Crippen LogP contribution in [0.25, 0.3) is 0 Å². The van der Waals surface area contributed by atoms with Gasteiger partial charge in [-0.1, -0.05) is 6.07 Å². The fourth-order valence-corrected chi connectivity index (χ4v) is 3.44. The lowest BCUT2D eigenvalue weighted by Crippen LogP contribution is -2.54. The highest BCUT2D eigenvalue weighted by molar-refractivity contribution is 7.09. The molecule has 0 radical (unpaired) electrons. The fourth-order valence-electron chi connectivity index (χ4n) is 2.80. The molecule has 1 aromatic rings. The van der Waals surface area contributed by atoms with Gasteiger partial charge in [0.2, 0.25) is 11.8 Å². The summed E-state index contributed by atoms with van der Waals surface area (Å²) in [5, 5.41) is 8.27. The van der Waals surface area contributed by atoms with Crippen molar-refractivity contribution >= 4 is 29.1 Å². The van der Waals surface area contributed by atoms with Crippen LogP contribution in [0.4, 0.5) is 0 Å². The number of hydrogen-bond donors (Lipinski definition) is 2. The van der Waals surface area contributed by atoms with Gasteiger partial charge in [-0.3, -0.25) is 14.5 Å². The molecule has 29 heavy (non-hydrogen) atoms. The number of guanidine groups is 1. The number of hydrogen-bond acceptors (Lipinski definition) is 6. The summed E-state index contributed by atoms with van der Waals surface area (Å²) in [6, 6.07) is 4.09. The number of carbonyl (C=O) groups excluding carboxylic acids is 2. The first-order valence-electron chi connectivity index (χ1n) is 9.73. The van der Waals surface area contributed by atoms with Crippen LogP contribution in [-0.2, 0) is 20.9 Å². The van der Waals surface area contributed by atoms with Crippen molar-refractivity contribution in [1.29, 1.82) is 0 Å². The molecule has 162 valence electrons. The van der Waals surface area contributed by atoms with Crippen LogP contribution < -0.4 is 10.6 Å². The van der Waals surface area contributed by atoms with Gasteiger partial charge in [0.25, 0.3) is 0 Å². The van der Waals surface area contributed by atoms with E-state index >= 15 is 0 Å². The summed E-state index contributed by atoms with van der Waals surface area (Å²) >= 11 is 1.68. The Hall–Kier alpha value is -2.17. The molecule has 2 N–H and O–H groups in total. The molecule has 2 heterocycles. The lowest BCUT2D eigenvalue weighted by Gasteiger charge is -2.36. The van der Waals surface area contributed by atoms with Crippen LogP contribution in [0.5, 0.6) is 0 Å². The number of piperazine rings is 1. The predicted molar refractivity (Wildman–Crippen MR) is 115 cm³/mol. The van der Waals surface area contributed by atoms with Crippen molar-refractivity contribution in [2.75, 3.05) is 73.6 Å². The SMILES string of the molecule is COCCNC(=O)CN1CCN(C(=NCC(=O)N(C)C)NCc2cccs2)CC1. The van der Waals surface area contributed by atoms with Gasteiger partial charge in [0.15, 0.2) is 5.96 Å². The summed E-state index contributed by atoms with van der Waals surface area (Å²) in [6.45, 7) is 5.23. The van der Waals surface area contributed by atoms with E-state index in [2.05, 4.69) is 31.5 Å². The maximum absolute atomic E-state index is 12.0. The molecule has 0 bridgehead atoms. The lowest BCUT2D eigenvalue weighted by molar-refractivity contribution is -0.127. The average Bonchev–Trinajstić information content (AvgIpc) is 3.22. The maximum atomic E-state index is 12.0. The van der Waals surface area contributed by atoms with Gasteiger partial charge in [0.05, 0.1) is 19.7 Å². The van der Waals surface area contributed by atoms with Crippen molar-refractivity contribution in [3.63, 3.8) is 0 Å². The third-order valence-corrected chi connectivity index (χ3v) is 5.41. The van der Waals surface area contributed by atoms with Crippen molar-refractivity contribution in [2.45, 2.75) is 6.54 Å². The van der Waals surface area contributed by atoms with Crippen molar-refractivity contribution in [1.82, 2.24) is 25.3 Å². The number of ether oxygens (including phenoxy) is 1. The van der Waals surface area contributed by atoms with Crippen LogP contribution in [0.15, 0.2) is 22.5 Å². The van der Waals surface area contributed by atoms with Gasteiger partial charge in [-0.15, -0.1) is 11.3 Å². The van der Waals surface area contributed by atoms with E-state index in [1.807, 2.05) is 11.4 Å². The molecular formula is C19H32N6O3S. The summed E-state index contributed by atoms with van der Waals surface area (Å²) < 4.78 is 4.95. The summed E-state index contributed by atoms with van der Waals surface area (Å²) in [6.07, 6.45) is 0. The van der Waals surface area contributed by atoms with E-state index < -0.39 is 0 Å². The number of rotatable bonds is 9. The molecule has 0 atom stereocenters. The number of likely N-dealkylation sites (N-methyl/N-ethyl adjacent to an activating group) is 1. The van der Waals surface area contributed by atoms with Crippen molar-refractivity contribution < 1.29 is 14.3 Å². The molecule has 0 aromatic carbocycles. The van der Waals surface area contributed by atoms with E-state index in [0.717, 1.165) is 32.1 Å². The largest absolute Gasteiger partial charge is 0.383 e. The van der Waals surface area contributed by atoms with Gasteiger partial charge in [0, 0.05) is 58.8 Å². The van der Waals surface area contributed by atoms with E-state index in [1.165, 1.54) is 4.88 Å². The number of carbonyl (C=O) groups is 2. The molecule has 0 aliphatic carbocycles. The maximum Gasteiger partial charge on any atom is 0.243 e. The second kappa shape index (κ2) is 12.4. The van der Waals surface area contributed by atoms with Gasteiger partial charge < -0.3 is 25.2 Å². The first-order chi connectivity index (χ1) is 14.0. The van der Waals surface area contributed by atoms with Crippen LogP contribution in [0.3, 0.4) is 0 Å². The highest BCUT2D eigenvalue weighted by atomic mass is 32.1. The molecule has 0 saturated carbocycles. The van der Waals surface area contributed by atoms with Crippen LogP contribution >= 0.6 is 11.3 Å². The summed E-state index contributed by atoms with van der Waals surface area (Å²) in [7, 11) is 5.07. The number of methoxy groups -OCH3 is 1. The zero-order valence-electron chi connectivity index (χ0n) is 17.5. The van der Waals surface area contributed by atoms with Gasteiger partial charge in [-0.25, -0.2) is 4.99 Å². The number of thiophene rings is 1. The van der Waals surface area contributed by atoms with Crippen LogP contribution in [0.2, 0.25) is 0 Å². The Morgan fingerprint density at radius 1 is 1.24 bits per heavy atom.